The summed E-state index contributed by atoms with van der Waals surface area (Å²) in [5, 5.41) is 3.33. The van der Waals surface area contributed by atoms with E-state index in [9.17, 15) is 16.8 Å². The van der Waals surface area contributed by atoms with Crippen LogP contribution >= 0.6 is 33.9 Å². The Bertz CT molecular complexity index is 1920. The summed E-state index contributed by atoms with van der Waals surface area (Å²) in [6.45, 7) is 0. The molecule has 0 aliphatic carbocycles. The summed E-state index contributed by atoms with van der Waals surface area (Å²) in [6.07, 6.45) is 3.45. The Labute approximate surface area is 240 Å². The van der Waals surface area contributed by atoms with Crippen molar-refractivity contribution in [1.29, 1.82) is 0 Å². The average Bonchev–Trinajstić information content (AvgIpc) is 3.57. The Balaban J connectivity index is 0.000000149. The van der Waals surface area contributed by atoms with E-state index in [0.29, 0.717) is 10.5 Å². The Hall–Kier alpha value is -3.27. The van der Waals surface area contributed by atoms with E-state index in [2.05, 4.69) is 4.98 Å². The molecule has 0 aliphatic rings. The number of hydrogen-bond donors (Lipinski definition) is 1. The third-order valence-corrected chi connectivity index (χ3v) is 9.00. The van der Waals surface area contributed by atoms with Crippen molar-refractivity contribution in [3.8, 4) is 0 Å². The zero-order valence-corrected chi connectivity index (χ0v) is 24.0. The number of rotatable bonds is 3. The molecule has 0 atom stereocenters. The van der Waals surface area contributed by atoms with E-state index in [1.54, 1.807) is 79.0 Å². The van der Waals surface area contributed by atoms with Crippen molar-refractivity contribution in [1.82, 2.24) is 8.96 Å². The number of aromatic nitrogens is 2. The van der Waals surface area contributed by atoms with Gasteiger partial charge in [-0.2, -0.15) is 0 Å². The highest BCUT2D eigenvalue weighted by atomic mass is 35.7. The van der Waals surface area contributed by atoms with Crippen LogP contribution < -0.4 is 0 Å². The summed E-state index contributed by atoms with van der Waals surface area (Å²) in [5.74, 6) is 0. The van der Waals surface area contributed by atoms with Crippen molar-refractivity contribution in [2.45, 2.75) is 9.79 Å². The van der Waals surface area contributed by atoms with E-state index in [1.165, 1.54) is 16.1 Å². The van der Waals surface area contributed by atoms with Crippen LogP contribution in [-0.4, -0.2) is 25.8 Å². The molecule has 0 aliphatic heterocycles. The number of halogens is 3. The number of aromatic amines is 1. The van der Waals surface area contributed by atoms with Gasteiger partial charge in [0.25, 0.3) is 19.1 Å². The van der Waals surface area contributed by atoms with Crippen LogP contribution in [0.1, 0.15) is 0 Å². The number of benzene rings is 4. The monoisotopic (exact) mass is 618 g/mol. The van der Waals surface area contributed by atoms with Gasteiger partial charge >= 0.3 is 0 Å². The molecule has 0 fully saturated rings. The summed E-state index contributed by atoms with van der Waals surface area (Å²) >= 11 is 11.7. The molecule has 0 unspecified atom stereocenters. The second-order valence-corrected chi connectivity index (χ2v) is 13.3. The number of nitrogens with one attached hydrogen (secondary N) is 1. The Kier molecular flexibility index (Phi) is 9.04. The molecule has 0 saturated heterocycles. The smallest absolute Gasteiger partial charge is 0.268 e. The molecule has 6 aromatic rings. The van der Waals surface area contributed by atoms with Gasteiger partial charge in [0.15, 0.2) is 0 Å². The molecule has 2 heterocycles. The topological polar surface area (TPSA) is 89.0 Å². The van der Waals surface area contributed by atoms with Crippen LogP contribution in [0.4, 0.5) is 0 Å². The zero-order chi connectivity index (χ0) is 28.0. The van der Waals surface area contributed by atoms with Crippen LogP contribution in [0.3, 0.4) is 0 Å². The zero-order valence-electron chi connectivity index (χ0n) is 20.1. The van der Waals surface area contributed by atoms with Gasteiger partial charge in [-0.05, 0) is 72.8 Å². The van der Waals surface area contributed by atoms with E-state index in [4.69, 9.17) is 33.9 Å². The lowest BCUT2D eigenvalue weighted by Gasteiger charge is -2.07. The predicted molar refractivity (Wildman–Crippen MR) is 159 cm³/mol. The van der Waals surface area contributed by atoms with Gasteiger partial charge in [0.1, 0.15) is 0 Å². The highest BCUT2D eigenvalue weighted by molar-refractivity contribution is 8.13. The molecule has 6 rings (SSSR count). The fourth-order valence-corrected chi connectivity index (χ4v) is 6.14. The van der Waals surface area contributed by atoms with Crippen LogP contribution in [0.2, 0.25) is 10.0 Å². The number of nitrogens with zero attached hydrogens (tertiary/aromatic N) is 1. The van der Waals surface area contributed by atoms with E-state index >= 15 is 0 Å². The van der Waals surface area contributed by atoms with Crippen LogP contribution in [0.5, 0.6) is 0 Å². The standard InChI is InChI=1S/C14H10ClNO2S.C8H6ClN.C6H5ClO2S/c15-12-6-7-14-11(10-12)8-9-16(14)19(17,18)13-4-2-1-3-5-13;9-7-1-2-8-6(5-7)3-4-10-8;7-10(8,9)6-4-2-1-3-5-6/h1-10H;1-5,10H;1-5H. The molecule has 0 spiro atoms. The molecule has 1 N–H and O–H groups in total. The van der Waals surface area contributed by atoms with Gasteiger partial charge in [-0.15, -0.1) is 0 Å². The van der Waals surface area contributed by atoms with Crippen molar-refractivity contribution in [2.75, 3.05) is 0 Å². The first-order valence-corrected chi connectivity index (χ1v) is 15.9. The van der Waals surface area contributed by atoms with Gasteiger partial charge in [0.2, 0.25) is 0 Å². The van der Waals surface area contributed by atoms with Gasteiger partial charge in [0.05, 0.1) is 15.3 Å². The number of fused-ring (bicyclic) bond motifs is 2. The molecule has 0 radical (unpaired) electrons. The molecule has 2 aromatic heterocycles. The molecule has 0 amide bonds. The number of H-pyrrole nitrogens is 1. The number of hydrogen-bond acceptors (Lipinski definition) is 4. The molecule has 6 nitrogen and oxygen atoms in total. The molecular formula is C28H21Cl3N2O4S2. The highest BCUT2D eigenvalue weighted by Crippen LogP contribution is 2.24. The highest BCUT2D eigenvalue weighted by Gasteiger charge is 2.18. The minimum Gasteiger partial charge on any atom is -0.361 e. The molecule has 0 bridgehead atoms. The summed E-state index contributed by atoms with van der Waals surface area (Å²) in [6, 6.07) is 30.9. The lowest BCUT2D eigenvalue weighted by Crippen LogP contribution is -2.11. The average molecular weight is 620 g/mol. The van der Waals surface area contributed by atoms with E-state index in [-0.39, 0.29) is 9.79 Å². The lowest BCUT2D eigenvalue weighted by molar-refractivity contribution is 0.589. The van der Waals surface area contributed by atoms with E-state index in [1.807, 2.05) is 30.5 Å². The van der Waals surface area contributed by atoms with Crippen molar-refractivity contribution in [2.24, 2.45) is 0 Å². The van der Waals surface area contributed by atoms with Crippen molar-refractivity contribution >= 4 is 74.8 Å². The fourth-order valence-electron chi connectivity index (χ4n) is 3.61. The third-order valence-electron chi connectivity index (χ3n) is 5.46. The minimum atomic E-state index is -3.56. The molecular weight excluding hydrogens is 599 g/mol. The second-order valence-electron chi connectivity index (χ2n) is 8.09. The van der Waals surface area contributed by atoms with E-state index < -0.39 is 19.1 Å². The fraction of sp³-hybridized carbons (Fsp3) is 0. The molecule has 4 aromatic carbocycles. The van der Waals surface area contributed by atoms with E-state index in [0.717, 1.165) is 21.3 Å². The maximum Gasteiger partial charge on any atom is 0.268 e. The first kappa shape index (κ1) is 28.7. The maximum atomic E-state index is 12.5. The first-order valence-electron chi connectivity index (χ1n) is 11.4. The van der Waals surface area contributed by atoms with Gasteiger partial charge in [-0.1, -0.05) is 59.6 Å². The van der Waals surface area contributed by atoms with Crippen molar-refractivity contribution in [3.63, 3.8) is 0 Å². The van der Waals surface area contributed by atoms with Gasteiger partial charge in [-0.3, -0.25) is 0 Å². The quantitative estimate of drug-likeness (QED) is 0.204. The Morgan fingerprint density at radius 3 is 1.77 bits per heavy atom. The summed E-state index contributed by atoms with van der Waals surface area (Å²) in [7, 11) is -2.06. The molecule has 200 valence electrons. The normalized spacial score (nSPS) is 11.4. The van der Waals surface area contributed by atoms with Crippen LogP contribution in [0, 0.1) is 0 Å². The summed E-state index contributed by atoms with van der Waals surface area (Å²) in [4.78, 5) is 3.49. The second kappa shape index (κ2) is 12.3. The van der Waals surface area contributed by atoms with Crippen LogP contribution in [0.25, 0.3) is 21.8 Å². The van der Waals surface area contributed by atoms with Crippen molar-refractivity contribution in [3.05, 3.63) is 132 Å². The van der Waals surface area contributed by atoms with Gasteiger partial charge in [-0.25, -0.2) is 20.8 Å². The molecule has 0 saturated carbocycles. The Morgan fingerprint density at radius 2 is 1.18 bits per heavy atom. The maximum absolute atomic E-state index is 12.5. The predicted octanol–water partition coefficient (Wildman–Crippen LogP) is 7.97. The van der Waals surface area contributed by atoms with Crippen molar-refractivity contribution < 1.29 is 16.8 Å². The first-order chi connectivity index (χ1) is 18.6. The SMILES string of the molecule is Clc1ccc2[nH]ccc2c1.O=S(=O)(Cl)c1ccccc1.O=S(=O)(c1ccccc1)n1ccc2cc(Cl)ccc21. The molecule has 11 heteroatoms. The lowest BCUT2D eigenvalue weighted by atomic mass is 10.2. The molecule has 39 heavy (non-hydrogen) atoms. The van der Waals surface area contributed by atoms with Crippen LogP contribution in [0.15, 0.2) is 131 Å². The van der Waals surface area contributed by atoms with Crippen LogP contribution in [-0.2, 0) is 19.1 Å². The summed E-state index contributed by atoms with van der Waals surface area (Å²) in [5.41, 5.74) is 1.75. The van der Waals surface area contributed by atoms with Gasteiger partial charge < -0.3 is 4.98 Å². The van der Waals surface area contributed by atoms with Gasteiger partial charge in [0, 0.05) is 49.4 Å². The minimum absolute atomic E-state index is 0.136. The summed E-state index contributed by atoms with van der Waals surface area (Å²) < 4.78 is 47.5. The Morgan fingerprint density at radius 1 is 0.615 bits per heavy atom. The largest absolute Gasteiger partial charge is 0.361 e. The third kappa shape index (κ3) is 7.23.